The van der Waals surface area contributed by atoms with Crippen LogP contribution in [-0.4, -0.2) is 59.8 Å². The largest absolute Gasteiger partial charge is 0.362 e. The van der Waals surface area contributed by atoms with Crippen molar-refractivity contribution in [3.63, 3.8) is 0 Å². The lowest BCUT2D eigenvalue weighted by atomic mass is 10.0. The van der Waals surface area contributed by atoms with E-state index in [2.05, 4.69) is 37.8 Å². The zero-order chi connectivity index (χ0) is 28.3. The van der Waals surface area contributed by atoms with Gasteiger partial charge in [-0.1, -0.05) is 18.2 Å². The fraction of sp³-hybridized carbons (Fsp3) is 0.212. The molecule has 0 aliphatic carbocycles. The number of benzene rings is 3. The van der Waals surface area contributed by atoms with E-state index in [1.165, 1.54) is 5.56 Å². The van der Waals surface area contributed by atoms with E-state index >= 15 is 0 Å². The zero-order valence-electron chi connectivity index (χ0n) is 23.3. The number of carbonyl (C=O) groups is 2. The Labute approximate surface area is 240 Å². The number of piperazine rings is 1. The van der Waals surface area contributed by atoms with Gasteiger partial charge >= 0.3 is 0 Å². The molecule has 2 aliphatic rings. The molecule has 0 radical (unpaired) electrons. The second-order valence-electron chi connectivity index (χ2n) is 10.8. The topological polar surface area (TPSA) is 92.5 Å². The van der Waals surface area contributed by atoms with E-state index in [0.29, 0.717) is 16.8 Å². The molecule has 1 aromatic heterocycles. The Bertz CT molecular complexity index is 1600. The predicted molar refractivity (Wildman–Crippen MR) is 165 cm³/mol. The van der Waals surface area contributed by atoms with Crippen molar-refractivity contribution in [3.8, 4) is 0 Å². The first-order chi connectivity index (χ1) is 19.9. The first-order valence-electron chi connectivity index (χ1n) is 13.9. The molecule has 208 valence electrons. The number of rotatable bonds is 7. The Kier molecular flexibility index (Phi) is 7.41. The number of aryl methyl sites for hydroxylation is 1. The Balaban J connectivity index is 1.13. The second-order valence-corrected chi connectivity index (χ2v) is 10.8. The third kappa shape index (κ3) is 6.09. The summed E-state index contributed by atoms with van der Waals surface area (Å²) in [4.78, 5) is 33.6. The SMILES string of the molecule is Cc1ccc(NC(=O)c2ccc(CN3CCN(C)CC3)cc2)cc1Nc1ccc2c(c1)C(=Cc1ccc[nH]1)C(=O)N2. The lowest BCUT2D eigenvalue weighted by Crippen LogP contribution is -2.43. The molecule has 0 atom stereocenters. The molecule has 0 saturated carbocycles. The highest BCUT2D eigenvalue weighted by Crippen LogP contribution is 2.36. The average molecular weight is 547 g/mol. The lowest BCUT2D eigenvalue weighted by molar-refractivity contribution is -0.110. The molecule has 4 N–H and O–H groups in total. The van der Waals surface area contributed by atoms with Gasteiger partial charge in [-0.25, -0.2) is 0 Å². The summed E-state index contributed by atoms with van der Waals surface area (Å²) in [7, 11) is 2.16. The van der Waals surface area contributed by atoms with Crippen LogP contribution in [-0.2, 0) is 11.3 Å². The molecule has 0 unspecified atom stereocenters. The van der Waals surface area contributed by atoms with Crippen LogP contribution in [0.5, 0.6) is 0 Å². The molecular weight excluding hydrogens is 512 g/mol. The van der Waals surface area contributed by atoms with Gasteiger partial charge in [-0.15, -0.1) is 0 Å². The maximum Gasteiger partial charge on any atom is 0.256 e. The van der Waals surface area contributed by atoms with Gasteiger partial charge in [0.25, 0.3) is 11.8 Å². The van der Waals surface area contributed by atoms with Crippen molar-refractivity contribution in [3.05, 3.63) is 107 Å². The summed E-state index contributed by atoms with van der Waals surface area (Å²) in [5.41, 5.74) is 8.40. The maximum atomic E-state index is 13.0. The molecule has 1 fully saturated rings. The van der Waals surface area contributed by atoms with E-state index in [9.17, 15) is 9.59 Å². The summed E-state index contributed by atoms with van der Waals surface area (Å²) in [6, 6.07) is 23.3. The van der Waals surface area contributed by atoms with Gasteiger partial charge in [-0.2, -0.15) is 0 Å². The van der Waals surface area contributed by atoms with Gasteiger partial charge in [0.05, 0.1) is 5.57 Å². The van der Waals surface area contributed by atoms with Gasteiger partial charge in [-0.05, 0) is 85.8 Å². The van der Waals surface area contributed by atoms with E-state index in [0.717, 1.165) is 66.6 Å². The molecule has 4 aromatic rings. The van der Waals surface area contributed by atoms with E-state index in [1.807, 2.05) is 92.0 Å². The van der Waals surface area contributed by atoms with Crippen LogP contribution in [0.2, 0.25) is 0 Å². The molecule has 8 nitrogen and oxygen atoms in total. The smallest absolute Gasteiger partial charge is 0.256 e. The number of H-pyrrole nitrogens is 1. The number of aromatic nitrogens is 1. The van der Waals surface area contributed by atoms with Gasteiger partial charge in [0, 0.05) is 78.5 Å². The van der Waals surface area contributed by atoms with Crippen molar-refractivity contribution < 1.29 is 9.59 Å². The standard InChI is InChI=1S/C33H34N6O2/c1-22-5-10-27(36-32(40)24-8-6-23(7-9-24)21-39-16-14-38(2)15-17-39)20-31(22)35-26-11-12-30-28(19-26)29(33(41)37-30)18-25-4-3-13-34-25/h3-13,18-20,34-35H,14-17,21H2,1-2H3,(H,36,40)(H,37,41). The van der Waals surface area contributed by atoms with Crippen LogP contribution in [0.1, 0.15) is 32.7 Å². The van der Waals surface area contributed by atoms with Crippen molar-refractivity contribution in [1.29, 1.82) is 0 Å². The van der Waals surface area contributed by atoms with Crippen LogP contribution in [0, 0.1) is 6.92 Å². The summed E-state index contributed by atoms with van der Waals surface area (Å²) in [5, 5.41) is 9.43. The van der Waals surface area contributed by atoms with Crippen molar-refractivity contribution in [2.45, 2.75) is 13.5 Å². The summed E-state index contributed by atoms with van der Waals surface area (Å²) >= 11 is 0. The quantitative estimate of drug-likeness (QED) is 0.228. The third-order valence-corrected chi connectivity index (χ3v) is 7.72. The first kappa shape index (κ1) is 26.6. The third-order valence-electron chi connectivity index (χ3n) is 7.72. The Hall–Kier alpha value is -4.66. The van der Waals surface area contributed by atoms with Crippen LogP contribution < -0.4 is 16.0 Å². The van der Waals surface area contributed by atoms with Gasteiger partial charge in [0.2, 0.25) is 0 Å². The minimum atomic E-state index is -0.146. The van der Waals surface area contributed by atoms with Gasteiger partial charge in [-0.3, -0.25) is 14.5 Å². The number of likely N-dealkylation sites (N-methyl/N-ethyl adjacent to an activating group) is 1. The number of anilines is 4. The molecule has 0 bridgehead atoms. The van der Waals surface area contributed by atoms with Crippen LogP contribution in [0.15, 0.2) is 79.0 Å². The molecule has 2 amide bonds. The Morgan fingerprint density at radius 2 is 1.73 bits per heavy atom. The van der Waals surface area contributed by atoms with Gasteiger partial charge in [0.1, 0.15) is 0 Å². The highest BCUT2D eigenvalue weighted by atomic mass is 16.2. The highest BCUT2D eigenvalue weighted by molar-refractivity contribution is 6.35. The molecule has 8 heteroatoms. The van der Waals surface area contributed by atoms with Crippen molar-refractivity contribution in [2.24, 2.45) is 0 Å². The Morgan fingerprint density at radius 3 is 2.49 bits per heavy atom. The number of nitrogens with zero attached hydrogens (tertiary/aromatic N) is 2. The summed E-state index contributed by atoms with van der Waals surface area (Å²) in [6.07, 6.45) is 3.68. The van der Waals surface area contributed by atoms with Crippen LogP contribution >= 0.6 is 0 Å². The number of fused-ring (bicyclic) bond motifs is 1. The molecule has 0 spiro atoms. The monoisotopic (exact) mass is 546 g/mol. The van der Waals surface area contributed by atoms with Crippen molar-refractivity contribution in [1.82, 2.24) is 14.8 Å². The fourth-order valence-electron chi connectivity index (χ4n) is 5.22. The van der Waals surface area contributed by atoms with Crippen molar-refractivity contribution >= 4 is 46.2 Å². The summed E-state index contributed by atoms with van der Waals surface area (Å²) in [6.45, 7) is 7.22. The minimum absolute atomic E-state index is 0.125. The van der Waals surface area contributed by atoms with E-state index in [4.69, 9.17) is 0 Å². The van der Waals surface area contributed by atoms with Crippen molar-refractivity contribution in [2.75, 3.05) is 49.2 Å². The summed E-state index contributed by atoms with van der Waals surface area (Å²) in [5.74, 6) is -0.271. The molecule has 6 rings (SSSR count). The van der Waals surface area contributed by atoms with E-state index in [1.54, 1.807) is 0 Å². The Morgan fingerprint density at radius 1 is 0.951 bits per heavy atom. The first-order valence-corrected chi connectivity index (χ1v) is 13.9. The lowest BCUT2D eigenvalue weighted by Gasteiger charge is -2.32. The zero-order valence-corrected chi connectivity index (χ0v) is 23.3. The summed E-state index contributed by atoms with van der Waals surface area (Å²) < 4.78 is 0. The molecule has 2 aliphatic heterocycles. The second kappa shape index (κ2) is 11.4. The fourth-order valence-corrected chi connectivity index (χ4v) is 5.22. The van der Waals surface area contributed by atoms with Crippen LogP contribution in [0.4, 0.5) is 22.7 Å². The number of hydrogen-bond donors (Lipinski definition) is 4. The molecule has 3 heterocycles. The predicted octanol–water partition coefficient (Wildman–Crippen LogP) is 5.56. The number of amides is 2. The highest BCUT2D eigenvalue weighted by Gasteiger charge is 2.24. The van der Waals surface area contributed by atoms with Gasteiger partial charge in [0.15, 0.2) is 0 Å². The number of aromatic amines is 1. The molecule has 3 aromatic carbocycles. The number of nitrogens with one attached hydrogen (secondary N) is 4. The number of hydrogen-bond acceptors (Lipinski definition) is 5. The van der Waals surface area contributed by atoms with Crippen LogP contribution in [0.3, 0.4) is 0 Å². The maximum absolute atomic E-state index is 13.0. The average Bonchev–Trinajstić information content (AvgIpc) is 3.60. The molecule has 41 heavy (non-hydrogen) atoms. The molecule has 1 saturated heterocycles. The number of carbonyl (C=O) groups excluding carboxylic acids is 2. The normalized spacial score (nSPS) is 16.4. The van der Waals surface area contributed by atoms with E-state index in [-0.39, 0.29) is 11.8 Å². The molecular formula is C33H34N6O2. The minimum Gasteiger partial charge on any atom is -0.362 e. The van der Waals surface area contributed by atoms with E-state index < -0.39 is 0 Å². The van der Waals surface area contributed by atoms with Gasteiger partial charge < -0.3 is 25.8 Å². The van der Waals surface area contributed by atoms with Crippen LogP contribution in [0.25, 0.3) is 11.6 Å².